The topological polar surface area (TPSA) is 9.23 Å². The van der Waals surface area contributed by atoms with Gasteiger partial charge in [-0.15, -0.1) is 0 Å². The van der Waals surface area contributed by atoms with E-state index in [9.17, 15) is 0 Å². The standard InChI is InChI=1S/C18H22O/c1-3-4-5-15-6-8-16(9-7-15)14-17-10-12-18(19-2)13-11-17/h6-8,10-14H,3-5,9H2,1-2H3. The Kier molecular flexibility index (Phi) is 5.02. The van der Waals surface area contributed by atoms with Crippen LogP contribution in [0.15, 0.2) is 53.6 Å². The van der Waals surface area contributed by atoms with Crippen molar-refractivity contribution in [1.82, 2.24) is 0 Å². The second kappa shape index (κ2) is 6.98. The van der Waals surface area contributed by atoms with E-state index in [2.05, 4.69) is 43.4 Å². The highest BCUT2D eigenvalue weighted by molar-refractivity contribution is 5.58. The molecule has 0 radical (unpaired) electrons. The van der Waals surface area contributed by atoms with Gasteiger partial charge in [-0.05, 0) is 42.5 Å². The summed E-state index contributed by atoms with van der Waals surface area (Å²) in [6.07, 6.45) is 13.9. The number of benzene rings is 1. The van der Waals surface area contributed by atoms with Crippen molar-refractivity contribution in [3.05, 3.63) is 59.2 Å². The summed E-state index contributed by atoms with van der Waals surface area (Å²) in [4.78, 5) is 0. The van der Waals surface area contributed by atoms with E-state index in [4.69, 9.17) is 4.74 Å². The molecule has 0 N–H and O–H groups in total. The highest BCUT2D eigenvalue weighted by Gasteiger charge is 2.01. The van der Waals surface area contributed by atoms with E-state index in [-0.39, 0.29) is 0 Å². The Bertz CT molecular complexity index is 489. The predicted molar refractivity (Wildman–Crippen MR) is 82.3 cm³/mol. The van der Waals surface area contributed by atoms with Gasteiger partial charge in [0.05, 0.1) is 7.11 Å². The van der Waals surface area contributed by atoms with Gasteiger partial charge in [0.1, 0.15) is 5.75 Å². The quantitative estimate of drug-likeness (QED) is 0.705. The number of rotatable bonds is 5. The Morgan fingerprint density at radius 3 is 2.53 bits per heavy atom. The van der Waals surface area contributed by atoms with Crippen LogP contribution in [-0.4, -0.2) is 7.11 Å². The van der Waals surface area contributed by atoms with E-state index in [1.807, 2.05) is 12.1 Å². The van der Waals surface area contributed by atoms with Crippen molar-refractivity contribution in [3.63, 3.8) is 0 Å². The molecule has 19 heavy (non-hydrogen) atoms. The second-order valence-corrected chi connectivity index (χ2v) is 4.91. The largest absolute Gasteiger partial charge is 0.497 e. The lowest BCUT2D eigenvalue weighted by atomic mass is 9.97. The molecule has 0 heterocycles. The molecule has 0 bridgehead atoms. The van der Waals surface area contributed by atoms with Crippen LogP contribution in [0.2, 0.25) is 0 Å². The predicted octanol–water partition coefficient (Wildman–Crippen LogP) is 5.16. The molecule has 1 aromatic carbocycles. The molecule has 1 aromatic rings. The highest BCUT2D eigenvalue weighted by Crippen LogP contribution is 2.22. The smallest absolute Gasteiger partial charge is 0.118 e. The Labute approximate surface area is 116 Å². The van der Waals surface area contributed by atoms with Gasteiger partial charge < -0.3 is 4.74 Å². The Morgan fingerprint density at radius 1 is 1.16 bits per heavy atom. The lowest BCUT2D eigenvalue weighted by molar-refractivity contribution is 0.415. The first-order valence-corrected chi connectivity index (χ1v) is 7.03. The normalized spacial score (nSPS) is 16.5. The van der Waals surface area contributed by atoms with Gasteiger partial charge in [-0.3, -0.25) is 0 Å². The SMILES string of the molecule is CCCCC1=CCC(=Cc2ccc(OC)cc2)C=C1. The van der Waals surface area contributed by atoms with E-state index in [0.29, 0.717) is 0 Å². The lowest BCUT2D eigenvalue weighted by Crippen LogP contribution is -1.89. The maximum Gasteiger partial charge on any atom is 0.118 e. The maximum atomic E-state index is 5.17. The molecule has 0 saturated heterocycles. The van der Waals surface area contributed by atoms with Gasteiger partial charge in [0.2, 0.25) is 0 Å². The summed E-state index contributed by atoms with van der Waals surface area (Å²) in [7, 11) is 1.69. The van der Waals surface area contributed by atoms with Gasteiger partial charge in [-0.2, -0.15) is 0 Å². The Morgan fingerprint density at radius 2 is 1.95 bits per heavy atom. The van der Waals surface area contributed by atoms with Gasteiger partial charge >= 0.3 is 0 Å². The van der Waals surface area contributed by atoms with Crippen LogP contribution in [0.1, 0.15) is 38.2 Å². The zero-order valence-corrected chi connectivity index (χ0v) is 11.9. The van der Waals surface area contributed by atoms with Gasteiger partial charge in [0.15, 0.2) is 0 Å². The molecule has 0 fully saturated rings. The fourth-order valence-corrected chi connectivity index (χ4v) is 2.19. The molecule has 1 heteroatoms. The van der Waals surface area contributed by atoms with Crippen molar-refractivity contribution in [2.45, 2.75) is 32.6 Å². The van der Waals surface area contributed by atoms with Crippen molar-refractivity contribution in [2.75, 3.05) is 7.11 Å². The first kappa shape index (κ1) is 13.7. The van der Waals surface area contributed by atoms with E-state index in [1.165, 1.54) is 36.0 Å². The minimum Gasteiger partial charge on any atom is -0.497 e. The molecular weight excluding hydrogens is 232 g/mol. The molecule has 0 spiro atoms. The number of unbranched alkanes of at least 4 members (excludes halogenated alkanes) is 1. The fraction of sp³-hybridized carbons (Fsp3) is 0.333. The summed E-state index contributed by atoms with van der Waals surface area (Å²) in [6.45, 7) is 2.24. The van der Waals surface area contributed by atoms with Gasteiger partial charge in [-0.25, -0.2) is 0 Å². The summed E-state index contributed by atoms with van der Waals surface area (Å²) < 4.78 is 5.17. The zero-order valence-electron chi connectivity index (χ0n) is 11.9. The van der Waals surface area contributed by atoms with Crippen LogP contribution in [0.3, 0.4) is 0 Å². The average molecular weight is 254 g/mol. The van der Waals surface area contributed by atoms with Gasteiger partial charge in [-0.1, -0.05) is 55.4 Å². The molecule has 0 saturated carbocycles. The van der Waals surface area contributed by atoms with Crippen molar-refractivity contribution in [2.24, 2.45) is 0 Å². The van der Waals surface area contributed by atoms with Crippen LogP contribution < -0.4 is 4.74 Å². The minimum atomic E-state index is 0.906. The van der Waals surface area contributed by atoms with E-state index >= 15 is 0 Å². The van der Waals surface area contributed by atoms with Crippen molar-refractivity contribution >= 4 is 6.08 Å². The number of ether oxygens (including phenoxy) is 1. The van der Waals surface area contributed by atoms with E-state index in [0.717, 1.165) is 12.2 Å². The minimum absolute atomic E-state index is 0.906. The molecule has 0 atom stereocenters. The van der Waals surface area contributed by atoms with Crippen molar-refractivity contribution in [3.8, 4) is 5.75 Å². The monoisotopic (exact) mass is 254 g/mol. The highest BCUT2D eigenvalue weighted by atomic mass is 16.5. The zero-order chi connectivity index (χ0) is 13.5. The third-order valence-electron chi connectivity index (χ3n) is 3.40. The van der Waals surface area contributed by atoms with Crippen LogP contribution >= 0.6 is 0 Å². The van der Waals surface area contributed by atoms with Gasteiger partial charge in [0, 0.05) is 0 Å². The molecule has 1 aliphatic carbocycles. The molecular formula is C18H22O. The summed E-state index contributed by atoms with van der Waals surface area (Å²) in [5.41, 5.74) is 4.07. The first-order chi connectivity index (χ1) is 9.31. The number of allylic oxidation sites excluding steroid dienone is 5. The van der Waals surface area contributed by atoms with E-state index in [1.54, 1.807) is 7.11 Å². The lowest BCUT2D eigenvalue weighted by Gasteiger charge is -2.09. The fourth-order valence-electron chi connectivity index (χ4n) is 2.19. The van der Waals surface area contributed by atoms with E-state index < -0.39 is 0 Å². The van der Waals surface area contributed by atoms with Crippen molar-refractivity contribution in [1.29, 1.82) is 0 Å². The average Bonchev–Trinajstić information content (AvgIpc) is 2.47. The first-order valence-electron chi connectivity index (χ1n) is 7.03. The summed E-state index contributed by atoms with van der Waals surface area (Å²) >= 11 is 0. The van der Waals surface area contributed by atoms with Crippen LogP contribution in [0.25, 0.3) is 6.08 Å². The summed E-state index contributed by atoms with van der Waals surface area (Å²) in [5.74, 6) is 0.906. The third kappa shape index (κ3) is 4.13. The molecule has 100 valence electrons. The molecule has 0 aliphatic heterocycles. The van der Waals surface area contributed by atoms with Crippen LogP contribution in [0, 0.1) is 0 Å². The Balaban J connectivity index is 1.98. The number of hydrogen-bond donors (Lipinski definition) is 0. The maximum absolute atomic E-state index is 5.17. The molecule has 0 unspecified atom stereocenters. The van der Waals surface area contributed by atoms with Gasteiger partial charge in [0.25, 0.3) is 0 Å². The van der Waals surface area contributed by atoms with Crippen LogP contribution in [-0.2, 0) is 0 Å². The number of methoxy groups -OCH3 is 1. The van der Waals surface area contributed by atoms with Crippen LogP contribution in [0.4, 0.5) is 0 Å². The number of hydrogen-bond acceptors (Lipinski definition) is 1. The third-order valence-corrected chi connectivity index (χ3v) is 3.40. The Hall–Kier alpha value is -1.76. The molecule has 2 rings (SSSR count). The summed E-state index contributed by atoms with van der Waals surface area (Å²) in [6, 6.07) is 8.19. The summed E-state index contributed by atoms with van der Waals surface area (Å²) in [5, 5.41) is 0. The van der Waals surface area contributed by atoms with Crippen LogP contribution in [0.5, 0.6) is 5.75 Å². The second-order valence-electron chi connectivity index (χ2n) is 4.91. The van der Waals surface area contributed by atoms with Crippen molar-refractivity contribution < 1.29 is 4.74 Å². The molecule has 0 amide bonds. The molecule has 1 aliphatic rings. The molecule has 1 nitrogen and oxygen atoms in total. The molecule has 0 aromatic heterocycles.